The number of para-hydroxylation sites is 2. The first-order valence-electron chi connectivity index (χ1n) is 6.11. The van der Waals surface area contributed by atoms with E-state index in [1.165, 1.54) is 0 Å². The molecule has 2 aromatic carbocycles. The minimum absolute atomic E-state index is 0.393. The summed E-state index contributed by atoms with van der Waals surface area (Å²) in [6.07, 6.45) is 0. The molecule has 1 heterocycles. The van der Waals surface area contributed by atoms with E-state index in [9.17, 15) is 0 Å². The van der Waals surface area contributed by atoms with Gasteiger partial charge in [0.15, 0.2) is 0 Å². The highest BCUT2D eigenvalue weighted by atomic mass is 16.5. The number of nitrogens with two attached hydrogens (primary N) is 1. The largest absolute Gasteiger partial charge is 0.496 e. The first kappa shape index (κ1) is 12.2. The number of hydrogen-bond donors (Lipinski definition) is 1. The van der Waals surface area contributed by atoms with Gasteiger partial charge < -0.3 is 15.0 Å². The van der Waals surface area contributed by atoms with Gasteiger partial charge in [-0.3, -0.25) is 0 Å². The molecule has 0 aliphatic heterocycles. The van der Waals surface area contributed by atoms with Crippen LogP contribution < -0.4 is 10.5 Å². The Morgan fingerprint density at radius 3 is 2.45 bits per heavy atom. The fourth-order valence-electron chi connectivity index (χ4n) is 1.96. The Labute approximate surface area is 116 Å². The fourth-order valence-corrected chi connectivity index (χ4v) is 1.96. The van der Waals surface area contributed by atoms with E-state index in [4.69, 9.17) is 15.0 Å². The van der Waals surface area contributed by atoms with Gasteiger partial charge in [0, 0.05) is 5.69 Å². The third kappa shape index (κ3) is 2.09. The Kier molecular flexibility index (Phi) is 3.09. The van der Waals surface area contributed by atoms with Crippen LogP contribution in [0.1, 0.15) is 0 Å². The van der Waals surface area contributed by atoms with Crippen LogP contribution >= 0.6 is 0 Å². The van der Waals surface area contributed by atoms with Crippen molar-refractivity contribution in [2.45, 2.75) is 0 Å². The highest BCUT2D eigenvalue weighted by Crippen LogP contribution is 2.30. The van der Waals surface area contributed by atoms with Crippen LogP contribution in [0, 0.1) is 0 Å². The Morgan fingerprint density at radius 2 is 1.70 bits per heavy atom. The van der Waals surface area contributed by atoms with Crippen molar-refractivity contribution in [2.75, 3.05) is 12.8 Å². The highest BCUT2D eigenvalue weighted by Gasteiger charge is 2.15. The van der Waals surface area contributed by atoms with Crippen molar-refractivity contribution in [3.63, 3.8) is 0 Å². The predicted octanol–water partition coefficient (Wildman–Crippen LogP) is 2.99. The van der Waals surface area contributed by atoms with Gasteiger partial charge in [-0.1, -0.05) is 29.4 Å². The molecule has 0 saturated carbocycles. The second kappa shape index (κ2) is 5.05. The lowest BCUT2D eigenvalue weighted by Crippen LogP contribution is -1.90. The van der Waals surface area contributed by atoms with Gasteiger partial charge in [-0.15, -0.1) is 0 Å². The number of rotatable bonds is 3. The van der Waals surface area contributed by atoms with E-state index in [0.29, 0.717) is 23.2 Å². The number of anilines is 1. The quantitative estimate of drug-likeness (QED) is 0.738. The second-order valence-corrected chi connectivity index (χ2v) is 4.21. The van der Waals surface area contributed by atoms with Crippen molar-refractivity contribution in [3.8, 4) is 28.6 Å². The van der Waals surface area contributed by atoms with Crippen molar-refractivity contribution in [2.24, 2.45) is 0 Å². The monoisotopic (exact) mass is 267 g/mol. The Balaban J connectivity index is 2.05. The number of hydrogen-bond acceptors (Lipinski definition) is 5. The molecular weight excluding hydrogens is 254 g/mol. The molecule has 5 nitrogen and oxygen atoms in total. The maximum absolute atomic E-state index is 5.90. The molecule has 0 amide bonds. The Hall–Kier alpha value is -2.82. The van der Waals surface area contributed by atoms with Crippen LogP contribution in [-0.4, -0.2) is 17.3 Å². The third-order valence-electron chi connectivity index (χ3n) is 2.97. The van der Waals surface area contributed by atoms with E-state index >= 15 is 0 Å². The standard InChI is InChI=1S/C15H13N3O2/c1-19-13-9-5-3-7-11(13)14-17-15(20-18-14)10-6-2-4-8-12(10)16/h2-9H,16H2,1H3. The van der Waals surface area contributed by atoms with Crippen LogP contribution in [0.2, 0.25) is 0 Å². The minimum Gasteiger partial charge on any atom is -0.496 e. The molecule has 0 aliphatic carbocycles. The van der Waals surface area contributed by atoms with E-state index in [1.807, 2.05) is 42.5 Å². The maximum atomic E-state index is 5.90. The van der Waals surface area contributed by atoms with Gasteiger partial charge >= 0.3 is 0 Å². The van der Waals surface area contributed by atoms with Crippen molar-refractivity contribution >= 4 is 5.69 Å². The molecule has 1 aromatic heterocycles. The van der Waals surface area contributed by atoms with Crippen molar-refractivity contribution in [3.05, 3.63) is 48.5 Å². The third-order valence-corrected chi connectivity index (χ3v) is 2.97. The van der Waals surface area contributed by atoms with Crippen molar-refractivity contribution < 1.29 is 9.26 Å². The smallest absolute Gasteiger partial charge is 0.260 e. The van der Waals surface area contributed by atoms with E-state index in [1.54, 1.807) is 13.2 Å². The number of methoxy groups -OCH3 is 1. The summed E-state index contributed by atoms with van der Waals surface area (Å²) in [5.41, 5.74) is 8.00. The number of aromatic nitrogens is 2. The zero-order valence-corrected chi connectivity index (χ0v) is 10.9. The number of ether oxygens (including phenoxy) is 1. The molecule has 0 bridgehead atoms. The summed E-state index contributed by atoms with van der Waals surface area (Å²) in [7, 11) is 1.61. The predicted molar refractivity (Wildman–Crippen MR) is 76.1 cm³/mol. The molecule has 3 rings (SSSR count). The molecule has 0 saturated heterocycles. The van der Waals surface area contributed by atoms with Gasteiger partial charge in [-0.2, -0.15) is 4.98 Å². The van der Waals surface area contributed by atoms with E-state index in [0.717, 1.165) is 11.1 Å². The van der Waals surface area contributed by atoms with Gasteiger partial charge in [0.05, 0.1) is 18.2 Å². The summed E-state index contributed by atoms with van der Waals surface area (Å²) >= 11 is 0. The average molecular weight is 267 g/mol. The summed E-state index contributed by atoms with van der Waals surface area (Å²) in [4.78, 5) is 4.38. The van der Waals surface area contributed by atoms with Gasteiger partial charge in [-0.05, 0) is 24.3 Å². The molecule has 0 spiro atoms. The normalized spacial score (nSPS) is 10.4. The van der Waals surface area contributed by atoms with E-state index < -0.39 is 0 Å². The molecule has 0 atom stereocenters. The van der Waals surface area contributed by atoms with E-state index in [-0.39, 0.29) is 0 Å². The Morgan fingerprint density at radius 1 is 1.00 bits per heavy atom. The lowest BCUT2D eigenvalue weighted by molar-refractivity contribution is 0.413. The van der Waals surface area contributed by atoms with Crippen LogP contribution in [0.5, 0.6) is 5.75 Å². The molecule has 0 unspecified atom stereocenters. The molecule has 20 heavy (non-hydrogen) atoms. The second-order valence-electron chi connectivity index (χ2n) is 4.21. The SMILES string of the molecule is COc1ccccc1-c1noc(-c2ccccc2N)n1. The fraction of sp³-hybridized carbons (Fsp3) is 0.0667. The molecular formula is C15H13N3O2. The van der Waals surface area contributed by atoms with Gasteiger partial charge in [0.2, 0.25) is 5.82 Å². The zero-order chi connectivity index (χ0) is 13.9. The first-order valence-corrected chi connectivity index (χ1v) is 6.11. The van der Waals surface area contributed by atoms with E-state index in [2.05, 4.69) is 10.1 Å². The zero-order valence-electron chi connectivity index (χ0n) is 10.9. The van der Waals surface area contributed by atoms with Crippen LogP contribution in [0.3, 0.4) is 0 Å². The van der Waals surface area contributed by atoms with Gasteiger partial charge in [0.25, 0.3) is 5.89 Å². The topological polar surface area (TPSA) is 74.2 Å². The van der Waals surface area contributed by atoms with Gasteiger partial charge in [0.1, 0.15) is 5.75 Å². The lowest BCUT2D eigenvalue weighted by atomic mass is 10.1. The molecule has 100 valence electrons. The van der Waals surface area contributed by atoms with Crippen LogP contribution in [0.15, 0.2) is 53.1 Å². The van der Waals surface area contributed by atoms with Crippen LogP contribution in [0.25, 0.3) is 22.8 Å². The molecule has 0 aliphatic rings. The first-order chi connectivity index (χ1) is 9.79. The maximum Gasteiger partial charge on any atom is 0.260 e. The number of nitrogens with zero attached hydrogens (tertiary/aromatic N) is 2. The lowest BCUT2D eigenvalue weighted by Gasteiger charge is -2.03. The summed E-state index contributed by atoms with van der Waals surface area (Å²) in [5, 5.41) is 3.99. The minimum atomic E-state index is 0.393. The summed E-state index contributed by atoms with van der Waals surface area (Å²) in [6, 6.07) is 14.9. The summed E-state index contributed by atoms with van der Waals surface area (Å²) in [5.74, 6) is 1.56. The summed E-state index contributed by atoms with van der Waals surface area (Å²) < 4.78 is 10.6. The Bertz CT molecular complexity index is 737. The molecule has 5 heteroatoms. The number of benzene rings is 2. The molecule has 3 aromatic rings. The molecule has 2 N–H and O–H groups in total. The van der Waals surface area contributed by atoms with Crippen molar-refractivity contribution in [1.82, 2.24) is 10.1 Å². The molecule has 0 radical (unpaired) electrons. The van der Waals surface area contributed by atoms with Crippen LogP contribution in [0.4, 0.5) is 5.69 Å². The highest BCUT2D eigenvalue weighted by molar-refractivity contribution is 5.72. The number of nitrogen functional groups attached to an aromatic ring is 1. The molecule has 0 fully saturated rings. The van der Waals surface area contributed by atoms with Crippen molar-refractivity contribution in [1.29, 1.82) is 0 Å². The summed E-state index contributed by atoms with van der Waals surface area (Å²) in [6.45, 7) is 0. The average Bonchev–Trinajstić information content (AvgIpc) is 2.97. The van der Waals surface area contributed by atoms with Crippen LogP contribution in [-0.2, 0) is 0 Å². The van der Waals surface area contributed by atoms with Gasteiger partial charge in [-0.25, -0.2) is 0 Å².